The van der Waals surface area contributed by atoms with Crippen LogP contribution in [0.5, 0.6) is 0 Å². The lowest BCUT2D eigenvalue weighted by molar-refractivity contribution is -0.136. The third kappa shape index (κ3) is 6.95. The average molecular weight is 661 g/mol. The van der Waals surface area contributed by atoms with Crippen LogP contribution in [0.3, 0.4) is 0 Å². The Kier molecular flexibility index (Phi) is 8.75. The molecular formula is C33H29ClN4O5S2. The third-order valence-electron chi connectivity index (χ3n) is 7.38. The highest BCUT2D eigenvalue weighted by atomic mass is 35.5. The van der Waals surface area contributed by atoms with E-state index in [1.807, 2.05) is 72.8 Å². The molecule has 0 unspecified atom stereocenters. The number of piperazine rings is 1. The molecule has 230 valence electrons. The topological polar surface area (TPSA) is 102 Å². The smallest absolute Gasteiger partial charge is 0.410 e. The van der Waals surface area contributed by atoms with Crippen molar-refractivity contribution in [3.63, 3.8) is 0 Å². The minimum atomic E-state index is -3.35. The highest BCUT2D eigenvalue weighted by Crippen LogP contribution is 2.37. The molecule has 45 heavy (non-hydrogen) atoms. The molecule has 9 nitrogen and oxygen atoms in total. The van der Waals surface area contributed by atoms with Gasteiger partial charge in [-0.3, -0.25) is 9.69 Å². The summed E-state index contributed by atoms with van der Waals surface area (Å²) >= 11 is 8.09. The predicted molar refractivity (Wildman–Crippen MR) is 174 cm³/mol. The Morgan fingerprint density at radius 1 is 0.933 bits per heavy atom. The van der Waals surface area contributed by atoms with Crippen LogP contribution in [0.1, 0.15) is 11.3 Å². The molecule has 3 heterocycles. The Labute approximate surface area is 270 Å². The second-order valence-electron chi connectivity index (χ2n) is 10.6. The Morgan fingerprint density at radius 2 is 1.69 bits per heavy atom. The van der Waals surface area contributed by atoms with Crippen molar-refractivity contribution in [2.24, 2.45) is 0 Å². The SMILES string of the molecule is CS(=O)(=O)c1cccc(-c2ccc(-c3cc(CN4CCN(C(=O)OCc5ccccc5)CC4=O)nn3-c3ccccc3Cl)s2)c1. The van der Waals surface area contributed by atoms with Crippen molar-refractivity contribution in [2.45, 2.75) is 18.0 Å². The molecule has 1 aliphatic heterocycles. The van der Waals surface area contributed by atoms with Gasteiger partial charge >= 0.3 is 6.09 Å². The summed E-state index contributed by atoms with van der Waals surface area (Å²) < 4.78 is 31.4. The monoisotopic (exact) mass is 660 g/mol. The first-order valence-corrected chi connectivity index (χ1v) is 17.2. The molecule has 1 aliphatic rings. The number of carbonyl (C=O) groups excluding carboxylic acids is 2. The van der Waals surface area contributed by atoms with E-state index < -0.39 is 15.9 Å². The molecule has 0 radical (unpaired) electrons. The summed E-state index contributed by atoms with van der Waals surface area (Å²) in [6, 6.07) is 29.5. The van der Waals surface area contributed by atoms with Gasteiger partial charge in [0.25, 0.3) is 0 Å². The van der Waals surface area contributed by atoms with Gasteiger partial charge in [-0.25, -0.2) is 17.9 Å². The van der Waals surface area contributed by atoms with E-state index in [9.17, 15) is 18.0 Å². The molecule has 0 atom stereocenters. The van der Waals surface area contributed by atoms with Gasteiger partial charge < -0.3 is 9.64 Å². The summed E-state index contributed by atoms with van der Waals surface area (Å²) in [5.41, 5.74) is 3.80. The van der Waals surface area contributed by atoms with Crippen LogP contribution in [0.15, 0.2) is 102 Å². The molecular weight excluding hydrogens is 632 g/mol. The zero-order chi connectivity index (χ0) is 31.6. The Hall–Kier alpha value is -4.45. The van der Waals surface area contributed by atoms with Crippen LogP contribution in [-0.2, 0) is 32.5 Å². The Morgan fingerprint density at radius 3 is 2.44 bits per heavy atom. The molecule has 12 heteroatoms. The minimum absolute atomic E-state index is 0.0769. The molecule has 5 aromatic rings. The maximum atomic E-state index is 13.1. The summed E-state index contributed by atoms with van der Waals surface area (Å²) in [5.74, 6) is -0.198. The molecule has 0 aliphatic carbocycles. The average Bonchev–Trinajstić information content (AvgIpc) is 3.69. The number of para-hydroxylation sites is 1. The quantitative estimate of drug-likeness (QED) is 0.193. The summed E-state index contributed by atoms with van der Waals surface area (Å²) in [7, 11) is -3.35. The predicted octanol–water partition coefficient (Wildman–Crippen LogP) is 6.31. The standard InChI is InChI=1S/C33H29ClN4O5S2/c1-45(41,42)26-11-7-10-24(18-26)30-14-15-31(44-30)29-19-25(35-38(29)28-13-6-5-12-27(28)34)20-36-16-17-37(21-32(36)39)33(40)43-22-23-8-3-2-4-9-23/h2-15,18-19H,16-17,20-22H2,1H3. The largest absolute Gasteiger partial charge is 0.445 e. The molecule has 2 amide bonds. The van der Waals surface area contributed by atoms with Crippen molar-refractivity contribution in [3.05, 3.63) is 113 Å². The van der Waals surface area contributed by atoms with Crippen molar-refractivity contribution in [1.82, 2.24) is 19.6 Å². The number of hydrogen-bond acceptors (Lipinski definition) is 7. The van der Waals surface area contributed by atoms with E-state index in [0.717, 1.165) is 26.6 Å². The van der Waals surface area contributed by atoms with E-state index in [1.54, 1.807) is 33.8 Å². The molecule has 0 spiro atoms. The van der Waals surface area contributed by atoms with Gasteiger partial charge in [-0.15, -0.1) is 11.3 Å². The van der Waals surface area contributed by atoms with Gasteiger partial charge in [0, 0.05) is 24.2 Å². The molecule has 0 N–H and O–H groups in total. The second kappa shape index (κ2) is 12.9. The van der Waals surface area contributed by atoms with Gasteiger partial charge in [0.2, 0.25) is 5.91 Å². The summed E-state index contributed by atoms with van der Waals surface area (Å²) in [5, 5.41) is 5.37. The summed E-state index contributed by atoms with van der Waals surface area (Å²) in [6.45, 7) is 1.01. The second-order valence-corrected chi connectivity index (χ2v) is 14.1. The van der Waals surface area contributed by atoms with Gasteiger partial charge in [-0.1, -0.05) is 66.2 Å². The lowest BCUT2D eigenvalue weighted by atomic mass is 10.2. The summed E-state index contributed by atoms with van der Waals surface area (Å²) in [6.07, 6.45) is 0.672. The molecule has 6 rings (SSSR count). The van der Waals surface area contributed by atoms with Crippen molar-refractivity contribution in [1.29, 1.82) is 0 Å². The number of sulfone groups is 1. The van der Waals surface area contributed by atoms with Gasteiger partial charge in [0.05, 0.1) is 38.4 Å². The maximum Gasteiger partial charge on any atom is 0.410 e. The van der Waals surface area contributed by atoms with Crippen LogP contribution in [0, 0.1) is 0 Å². The number of aromatic nitrogens is 2. The molecule has 0 saturated carbocycles. The third-order valence-corrected chi connectivity index (χ3v) is 9.97. The van der Waals surface area contributed by atoms with Crippen molar-refractivity contribution < 1.29 is 22.7 Å². The first kappa shape index (κ1) is 30.6. The number of benzene rings is 3. The summed E-state index contributed by atoms with van der Waals surface area (Å²) in [4.78, 5) is 30.9. The fourth-order valence-electron chi connectivity index (χ4n) is 5.04. The van der Waals surface area contributed by atoms with Crippen LogP contribution < -0.4 is 0 Å². The van der Waals surface area contributed by atoms with Crippen LogP contribution >= 0.6 is 22.9 Å². The number of rotatable bonds is 8. The molecule has 1 saturated heterocycles. The van der Waals surface area contributed by atoms with E-state index >= 15 is 0 Å². The highest BCUT2D eigenvalue weighted by Gasteiger charge is 2.29. The van der Waals surface area contributed by atoms with Crippen LogP contribution in [0.2, 0.25) is 5.02 Å². The fourth-order valence-corrected chi connectivity index (χ4v) is 6.92. The van der Waals surface area contributed by atoms with Gasteiger partial charge in [0.15, 0.2) is 9.84 Å². The maximum absolute atomic E-state index is 13.1. The Bertz CT molecular complexity index is 1970. The normalized spacial score (nSPS) is 13.7. The zero-order valence-corrected chi connectivity index (χ0v) is 26.7. The number of nitrogens with zero attached hydrogens (tertiary/aromatic N) is 4. The van der Waals surface area contributed by atoms with Crippen molar-refractivity contribution in [3.8, 4) is 26.7 Å². The van der Waals surface area contributed by atoms with E-state index in [4.69, 9.17) is 21.4 Å². The van der Waals surface area contributed by atoms with E-state index in [1.165, 1.54) is 22.5 Å². The number of carbonyl (C=O) groups is 2. The van der Waals surface area contributed by atoms with Gasteiger partial charge in [-0.05, 0) is 53.6 Å². The van der Waals surface area contributed by atoms with Crippen LogP contribution in [0.4, 0.5) is 4.79 Å². The van der Waals surface area contributed by atoms with Crippen molar-refractivity contribution in [2.75, 3.05) is 25.9 Å². The van der Waals surface area contributed by atoms with E-state index in [0.29, 0.717) is 29.5 Å². The Balaban J connectivity index is 1.22. The number of thiophene rings is 1. The lowest BCUT2D eigenvalue weighted by Crippen LogP contribution is -2.51. The zero-order valence-electron chi connectivity index (χ0n) is 24.3. The minimum Gasteiger partial charge on any atom is -0.445 e. The molecule has 3 aromatic carbocycles. The van der Waals surface area contributed by atoms with E-state index in [-0.39, 0.29) is 30.5 Å². The number of halogens is 1. The van der Waals surface area contributed by atoms with Gasteiger partial charge in [0.1, 0.15) is 13.2 Å². The first-order valence-electron chi connectivity index (χ1n) is 14.1. The van der Waals surface area contributed by atoms with Gasteiger partial charge in [-0.2, -0.15) is 5.10 Å². The van der Waals surface area contributed by atoms with Crippen LogP contribution in [0.25, 0.3) is 26.7 Å². The molecule has 0 bridgehead atoms. The number of amides is 2. The molecule has 1 fully saturated rings. The van der Waals surface area contributed by atoms with Crippen LogP contribution in [-0.4, -0.2) is 65.9 Å². The fraction of sp³-hybridized carbons (Fsp3) is 0.182. The van der Waals surface area contributed by atoms with E-state index in [2.05, 4.69) is 0 Å². The molecule has 2 aromatic heterocycles. The number of ether oxygens (including phenoxy) is 1. The lowest BCUT2D eigenvalue weighted by Gasteiger charge is -2.33. The highest BCUT2D eigenvalue weighted by molar-refractivity contribution is 7.90. The first-order chi connectivity index (χ1) is 21.7. The van der Waals surface area contributed by atoms with Crippen molar-refractivity contribution >= 4 is 44.8 Å². The number of hydrogen-bond donors (Lipinski definition) is 0.